The largest absolute Gasteiger partial charge is 0.394 e. The molecule has 0 aromatic rings. The molecule has 5 N–H and O–H groups in total. The summed E-state index contributed by atoms with van der Waals surface area (Å²) < 4.78 is 4.93. The first kappa shape index (κ1) is 11.8. The van der Waals surface area contributed by atoms with Crippen LogP contribution in [0.1, 0.15) is 12.8 Å². The van der Waals surface area contributed by atoms with Crippen LogP contribution in [0.15, 0.2) is 0 Å². The van der Waals surface area contributed by atoms with Crippen LogP contribution in [-0.2, 0) is 4.74 Å². The summed E-state index contributed by atoms with van der Waals surface area (Å²) in [4.78, 5) is 0. The third kappa shape index (κ3) is 2.88. The number of hydrogen-bond donors (Lipinski definition) is 5. The Hall–Kier alpha value is -0.240. The van der Waals surface area contributed by atoms with E-state index in [-0.39, 0.29) is 12.8 Å². The first-order valence-electron chi connectivity index (χ1n) is 4.53. The third-order valence-corrected chi connectivity index (χ3v) is 2.31. The minimum absolute atomic E-state index is 0.0139. The molecule has 0 amide bonds. The van der Waals surface area contributed by atoms with E-state index in [9.17, 15) is 20.4 Å². The van der Waals surface area contributed by atoms with Gasteiger partial charge in [-0.05, 0) is 0 Å². The van der Waals surface area contributed by atoms with Crippen molar-refractivity contribution in [3.63, 3.8) is 0 Å². The van der Waals surface area contributed by atoms with Crippen LogP contribution in [-0.4, -0.2) is 62.8 Å². The Morgan fingerprint density at radius 1 is 1.14 bits per heavy atom. The smallest absolute Gasteiger partial charge is 0.157 e. The highest BCUT2D eigenvalue weighted by atomic mass is 16.6. The highest BCUT2D eigenvalue weighted by Gasteiger charge is 2.33. The summed E-state index contributed by atoms with van der Waals surface area (Å²) in [5.74, 6) is 0. The maximum Gasteiger partial charge on any atom is 0.157 e. The van der Waals surface area contributed by atoms with Gasteiger partial charge < -0.3 is 30.3 Å². The Morgan fingerprint density at radius 3 is 2.29 bits per heavy atom. The van der Waals surface area contributed by atoms with Crippen LogP contribution in [0.5, 0.6) is 0 Å². The van der Waals surface area contributed by atoms with E-state index in [1.165, 1.54) is 0 Å². The average molecular weight is 208 g/mol. The number of aliphatic hydroxyl groups excluding tert-OH is 5. The van der Waals surface area contributed by atoms with Gasteiger partial charge in [0, 0.05) is 12.8 Å². The molecule has 6 heteroatoms. The lowest BCUT2D eigenvalue weighted by molar-refractivity contribution is -0.170. The van der Waals surface area contributed by atoms with E-state index < -0.39 is 37.3 Å². The van der Waals surface area contributed by atoms with Crippen molar-refractivity contribution >= 4 is 0 Å². The summed E-state index contributed by atoms with van der Waals surface area (Å²) in [5, 5.41) is 45.7. The minimum Gasteiger partial charge on any atom is -0.394 e. The number of ether oxygens (including phenoxy) is 1. The molecule has 14 heavy (non-hydrogen) atoms. The van der Waals surface area contributed by atoms with Crippen molar-refractivity contribution in [2.45, 2.75) is 43.5 Å². The fourth-order valence-corrected chi connectivity index (χ4v) is 1.44. The average Bonchev–Trinajstić information content (AvgIpc) is 2.25. The molecule has 0 aromatic heterocycles. The Morgan fingerprint density at radius 2 is 1.71 bits per heavy atom. The van der Waals surface area contributed by atoms with Crippen molar-refractivity contribution in [2.24, 2.45) is 0 Å². The SMILES string of the molecule is OCC(O)C1CC(O)C(O)CC(O)O1. The lowest BCUT2D eigenvalue weighted by atomic mass is 10.0. The normalized spacial score (nSPS) is 41.8. The summed E-state index contributed by atoms with van der Waals surface area (Å²) in [6, 6.07) is 0. The molecule has 1 aliphatic rings. The van der Waals surface area contributed by atoms with Crippen LogP contribution in [0.2, 0.25) is 0 Å². The quantitative estimate of drug-likeness (QED) is 0.345. The summed E-state index contributed by atoms with van der Waals surface area (Å²) in [5.41, 5.74) is 0. The van der Waals surface area contributed by atoms with Crippen molar-refractivity contribution in [1.82, 2.24) is 0 Å². The predicted molar refractivity (Wildman–Crippen MR) is 45.2 cm³/mol. The monoisotopic (exact) mass is 208 g/mol. The maximum atomic E-state index is 9.36. The molecule has 1 saturated heterocycles. The zero-order chi connectivity index (χ0) is 10.7. The molecule has 1 fully saturated rings. The van der Waals surface area contributed by atoms with Gasteiger partial charge in [0.25, 0.3) is 0 Å². The van der Waals surface area contributed by atoms with Crippen LogP contribution < -0.4 is 0 Å². The Labute approximate surface area is 81.4 Å². The highest BCUT2D eigenvalue weighted by Crippen LogP contribution is 2.20. The Bertz CT molecular complexity index is 175. The van der Waals surface area contributed by atoms with Gasteiger partial charge in [-0.1, -0.05) is 0 Å². The van der Waals surface area contributed by atoms with Crippen LogP contribution >= 0.6 is 0 Å². The second kappa shape index (κ2) is 5.01. The van der Waals surface area contributed by atoms with Gasteiger partial charge in [-0.15, -0.1) is 0 Å². The zero-order valence-corrected chi connectivity index (χ0v) is 7.65. The second-order valence-electron chi connectivity index (χ2n) is 3.49. The maximum absolute atomic E-state index is 9.36. The van der Waals surface area contributed by atoms with E-state index >= 15 is 0 Å². The van der Waals surface area contributed by atoms with E-state index in [1.54, 1.807) is 0 Å². The zero-order valence-electron chi connectivity index (χ0n) is 7.65. The van der Waals surface area contributed by atoms with Crippen molar-refractivity contribution in [1.29, 1.82) is 0 Å². The first-order valence-corrected chi connectivity index (χ1v) is 4.53. The number of aliphatic hydroxyl groups is 5. The van der Waals surface area contributed by atoms with Crippen molar-refractivity contribution in [2.75, 3.05) is 6.61 Å². The molecule has 0 aliphatic carbocycles. The van der Waals surface area contributed by atoms with E-state index in [1.807, 2.05) is 0 Å². The van der Waals surface area contributed by atoms with Gasteiger partial charge in [0.05, 0.1) is 24.9 Å². The molecule has 0 bridgehead atoms. The van der Waals surface area contributed by atoms with Crippen LogP contribution in [0.4, 0.5) is 0 Å². The molecule has 84 valence electrons. The second-order valence-corrected chi connectivity index (χ2v) is 3.49. The fourth-order valence-electron chi connectivity index (χ4n) is 1.44. The first-order chi connectivity index (χ1) is 6.54. The van der Waals surface area contributed by atoms with Crippen molar-refractivity contribution in [3.8, 4) is 0 Å². The molecule has 1 aliphatic heterocycles. The third-order valence-electron chi connectivity index (χ3n) is 2.31. The number of hydrogen-bond acceptors (Lipinski definition) is 6. The Balaban J connectivity index is 2.60. The number of rotatable bonds is 2. The summed E-state index contributed by atoms with van der Waals surface area (Å²) >= 11 is 0. The topological polar surface area (TPSA) is 110 Å². The van der Waals surface area contributed by atoms with Crippen LogP contribution in [0.3, 0.4) is 0 Å². The molecule has 0 spiro atoms. The van der Waals surface area contributed by atoms with E-state index in [0.29, 0.717) is 0 Å². The van der Waals surface area contributed by atoms with E-state index in [2.05, 4.69) is 0 Å². The molecular formula is C8H16O6. The molecule has 1 heterocycles. The summed E-state index contributed by atoms with van der Waals surface area (Å²) in [6.07, 6.45) is -5.49. The van der Waals surface area contributed by atoms with E-state index in [0.717, 1.165) is 0 Å². The van der Waals surface area contributed by atoms with Gasteiger partial charge in [-0.3, -0.25) is 0 Å². The highest BCUT2D eigenvalue weighted by molar-refractivity contribution is 4.81. The van der Waals surface area contributed by atoms with Crippen molar-refractivity contribution in [3.05, 3.63) is 0 Å². The van der Waals surface area contributed by atoms with Crippen LogP contribution in [0, 0.1) is 0 Å². The van der Waals surface area contributed by atoms with Gasteiger partial charge in [-0.2, -0.15) is 0 Å². The van der Waals surface area contributed by atoms with Gasteiger partial charge in [0.1, 0.15) is 6.10 Å². The summed E-state index contributed by atoms with van der Waals surface area (Å²) in [6.45, 7) is -0.514. The standard InChI is InChI=1S/C8H16O6/c9-3-6(12)7-1-4(10)5(11)2-8(13)14-7/h4-13H,1-3H2. The van der Waals surface area contributed by atoms with Crippen molar-refractivity contribution < 1.29 is 30.3 Å². The van der Waals surface area contributed by atoms with Gasteiger partial charge in [-0.25, -0.2) is 0 Å². The Kier molecular flexibility index (Phi) is 4.24. The van der Waals surface area contributed by atoms with Gasteiger partial charge in [0.2, 0.25) is 0 Å². The molecule has 0 aromatic carbocycles. The predicted octanol–water partition coefficient (Wildman–Crippen LogP) is -2.44. The molecule has 6 nitrogen and oxygen atoms in total. The lowest BCUT2D eigenvalue weighted by Crippen LogP contribution is -2.36. The molecule has 0 radical (unpaired) electrons. The van der Waals surface area contributed by atoms with Gasteiger partial charge in [0.15, 0.2) is 6.29 Å². The van der Waals surface area contributed by atoms with Gasteiger partial charge >= 0.3 is 0 Å². The molecule has 5 unspecified atom stereocenters. The fraction of sp³-hybridized carbons (Fsp3) is 1.00. The van der Waals surface area contributed by atoms with Crippen LogP contribution in [0.25, 0.3) is 0 Å². The minimum atomic E-state index is -1.23. The molecule has 0 saturated carbocycles. The lowest BCUT2D eigenvalue weighted by Gasteiger charge is -2.22. The van der Waals surface area contributed by atoms with E-state index in [4.69, 9.17) is 9.84 Å². The molecule has 5 atom stereocenters. The molecule has 1 rings (SSSR count). The summed E-state index contributed by atoms with van der Waals surface area (Å²) in [7, 11) is 0. The molecular weight excluding hydrogens is 192 g/mol.